The van der Waals surface area contributed by atoms with E-state index in [1.807, 2.05) is 0 Å². The highest BCUT2D eigenvalue weighted by Gasteiger charge is 2.37. The lowest BCUT2D eigenvalue weighted by Crippen LogP contribution is -2.55. The summed E-state index contributed by atoms with van der Waals surface area (Å²) in [5.74, 6) is -2.02. The Kier molecular flexibility index (Phi) is 6.08. The molecule has 1 fully saturated rings. The molecule has 0 radical (unpaired) electrons. The van der Waals surface area contributed by atoms with Crippen molar-refractivity contribution in [3.63, 3.8) is 0 Å². The fourth-order valence-electron chi connectivity index (χ4n) is 3.00. The summed E-state index contributed by atoms with van der Waals surface area (Å²) in [4.78, 5) is 25.4. The number of hydrogen-bond donors (Lipinski definition) is 2. The number of carboxylic acids is 1. The average molecular weight is 389 g/mol. The topological polar surface area (TPSA) is 104 Å². The molecule has 0 aliphatic carbocycles. The number of carboxylic acid groups (broad SMARTS) is 1. The predicted octanol–water partition coefficient (Wildman–Crippen LogP) is 1.72. The number of hydrogen-bond acceptors (Lipinski definition) is 4. The van der Waals surface area contributed by atoms with Crippen molar-refractivity contribution in [3.05, 3.63) is 29.3 Å². The normalized spacial score (nSPS) is 22.4. The third-order valence-electron chi connectivity index (χ3n) is 4.41. The summed E-state index contributed by atoms with van der Waals surface area (Å²) in [5, 5.41) is 9.65. The summed E-state index contributed by atoms with van der Waals surface area (Å²) in [7, 11) is -3.88. The molecule has 25 heavy (non-hydrogen) atoms. The zero-order valence-corrected chi connectivity index (χ0v) is 15.5. The first-order chi connectivity index (χ1) is 11.6. The third kappa shape index (κ3) is 4.50. The van der Waals surface area contributed by atoms with Crippen LogP contribution in [0.15, 0.2) is 29.2 Å². The van der Waals surface area contributed by atoms with Crippen molar-refractivity contribution < 1.29 is 23.1 Å². The number of nitrogens with one attached hydrogen (secondary N) is 1. The number of aliphatic carboxylic acids is 1. The van der Waals surface area contributed by atoms with Gasteiger partial charge in [-0.2, -0.15) is 4.72 Å². The summed E-state index contributed by atoms with van der Waals surface area (Å²) >= 11 is 5.75. The standard InChI is InChI=1S/C16H21ClN2O5S/c1-10(18-25(23,24)13-7-5-12(17)6-8-13)15(20)19-9-3-4-14(11(19)2)16(21)22/h5-8,10-11,14,18H,3-4,9H2,1-2H3,(H,21,22)/t10?,11-,14-/m0/s1. The molecule has 1 heterocycles. The Hall–Kier alpha value is -1.64. The van der Waals surface area contributed by atoms with E-state index < -0.39 is 39.9 Å². The third-order valence-corrected chi connectivity index (χ3v) is 6.22. The fraction of sp³-hybridized carbons (Fsp3) is 0.500. The first kappa shape index (κ1) is 19.7. The number of amides is 1. The van der Waals surface area contributed by atoms with Gasteiger partial charge in [0.05, 0.1) is 16.9 Å². The van der Waals surface area contributed by atoms with Gasteiger partial charge in [0.15, 0.2) is 0 Å². The summed E-state index contributed by atoms with van der Waals surface area (Å²) in [6.45, 7) is 3.54. The molecule has 138 valence electrons. The second kappa shape index (κ2) is 7.72. The molecule has 0 saturated carbocycles. The average Bonchev–Trinajstić information content (AvgIpc) is 2.54. The van der Waals surface area contributed by atoms with Crippen LogP contribution >= 0.6 is 11.6 Å². The maximum absolute atomic E-state index is 12.6. The molecule has 7 nitrogen and oxygen atoms in total. The van der Waals surface area contributed by atoms with Crippen LogP contribution in [0.2, 0.25) is 5.02 Å². The molecule has 1 saturated heterocycles. The van der Waals surface area contributed by atoms with Crippen LogP contribution in [0, 0.1) is 5.92 Å². The lowest BCUT2D eigenvalue weighted by Gasteiger charge is -2.38. The second-order valence-corrected chi connectivity index (χ2v) is 8.31. The van der Waals surface area contributed by atoms with E-state index in [2.05, 4.69) is 4.72 Å². The second-order valence-electron chi connectivity index (χ2n) is 6.16. The molecule has 9 heteroatoms. The van der Waals surface area contributed by atoms with Gasteiger partial charge in [0, 0.05) is 17.6 Å². The molecule has 1 aromatic carbocycles. The SMILES string of the molecule is CC(NS(=O)(=O)c1ccc(Cl)cc1)C(=O)N1CCC[C@H](C(=O)O)[C@@H]1C. The molecule has 2 rings (SSSR count). The summed E-state index contributed by atoms with van der Waals surface area (Å²) in [6, 6.07) is 4.12. The number of sulfonamides is 1. The maximum Gasteiger partial charge on any atom is 0.308 e. The Labute approximate surface area is 152 Å². The van der Waals surface area contributed by atoms with E-state index in [9.17, 15) is 23.1 Å². The highest BCUT2D eigenvalue weighted by Crippen LogP contribution is 2.24. The van der Waals surface area contributed by atoms with Gasteiger partial charge >= 0.3 is 5.97 Å². The molecular weight excluding hydrogens is 368 g/mol. The van der Waals surface area contributed by atoms with Crippen LogP contribution in [-0.4, -0.2) is 48.9 Å². The van der Waals surface area contributed by atoms with Crippen LogP contribution in [-0.2, 0) is 19.6 Å². The van der Waals surface area contributed by atoms with Crippen molar-refractivity contribution in [2.24, 2.45) is 5.92 Å². The Morgan fingerprint density at radius 2 is 1.92 bits per heavy atom. The van der Waals surface area contributed by atoms with Crippen molar-refractivity contribution in [1.82, 2.24) is 9.62 Å². The van der Waals surface area contributed by atoms with Gasteiger partial charge in [0.25, 0.3) is 0 Å². The van der Waals surface area contributed by atoms with Crippen LogP contribution in [0.3, 0.4) is 0 Å². The molecule has 1 unspecified atom stereocenters. The van der Waals surface area contributed by atoms with Gasteiger partial charge in [-0.25, -0.2) is 8.42 Å². The first-order valence-electron chi connectivity index (χ1n) is 7.94. The molecule has 0 bridgehead atoms. The van der Waals surface area contributed by atoms with Crippen LogP contribution in [0.25, 0.3) is 0 Å². The first-order valence-corrected chi connectivity index (χ1v) is 9.81. The fourth-order valence-corrected chi connectivity index (χ4v) is 4.32. The zero-order valence-electron chi connectivity index (χ0n) is 14.0. The molecule has 1 aromatic rings. The van der Waals surface area contributed by atoms with E-state index in [0.29, 0.717) is 24.4 Å². The smallest absolute Gasteiger partial charge is 0.308 e. The number of likely N-dealkylation sites (tertiary alicyclic amines) is 1. The molecule has 1 aliphatic rings. The maximum atomic E-state index is 12.6. The van der Waals surface area contributed by atoms with E-state index in [1.54, 1.807) is 6.92 Å². The highest BCUT2D eigenvalue weighted by molar-refractivity contribution is 7.89. The number of carbonyl (C=O) groups is 2. The lowest BCUT2D eigenvalue weighted by atomic mass is 9.90. The molecule has 3 atom stereocenters. The van der Waals surface area contributed by atoms with Gasteiger partial charge < -0.3 is 10.0 Å². The van der Waals surface area contributed by atoms with Gasteiger partial charge in [-0.3, -0.25) is 9.59 Å². The van der Waals surface area contributed by atoms with Gasteiger partial charge in [-0.15, -0.1) is 0 Å². The van der Waals surface area contributed by atoms with Crippen molar-refractivity contribution in [1.29, 1.82) is 0 Å². The molecular formula is C16H21ClN2O5S. The number of halogens is 1. The minimum Gasteiger partial charge on any atom is -0.481 e. The predicted molar refractivity (Wildman–Crippen MR) is 92.8 cm³/mol. The Balaban J connectivity index is 2.11. The van der Waals surface area contributed by atoms with Gasteiger partial charge in [-0.05, 0) is 51.0 Å². The number of carbonyl (C=O) groups excluding carboxylic acids is 1. The van der Waals surface area contributed by atoms with Crippen LogP contribution < -0.4 is 4.72 Å². The van der Waals surface area contributed by atoms with E-state index >= 15 is 0 Å². The zero-order chi connectivity index (χ0) is 18.8. The van der Waals surface area contributed by atoms with E-state index in [4.69, 9.17) is 11.6 Å². The van der Waals surface area contributed by atoms with Crippen LogP contribution in [0.4, 0.5) is 0 Å². The van der Waals surface area contributed by atoms with E-state index in [1.165, 1.54) is 36.1 Å². The van der Waals surface area contributed by atoms with Gasteiger partial charge in [0.2, 0.25) is 15.9 Å². The molecule has 1 amide bonds. The van der Waals surface area contributed by atoms with Crippen LogP contribution in [0.5, 0.6) is 0 Å². The number of piperidine rings is 1. The highest BCUT2D eigenvalue weighted by atomic mass is 35.5. The summed E-state index contributed by atoms with van der Waals surface area (Å²) in [5.41, 5.74) is 0. The lowest BCUT2D eigenvalue weighted by molar-refractivity contribution is -0.149. The minimum atomic E-state index is -3.88. The molecule has 2 N–H and O–H groups in total. The van der Waals surface area contributed by atoms with Gasteiger partial charge in [0.1, 0.15) is 0 Å². The summed E-state index contributed by atoms with van der Waals surface area (Å²) in [6.07, 6.45) is 1.08. The quantitative estimate of drug-likeness (QED) is 0.799. The van der Waals surface area contributed by atoms with E-state index in [-0.39, 0.29) is 4.90 Å². The molecule has 0 aromatic heterocycles. The van der Waals surface area contributed by atoms with Crippen molar-refractivity contribution >= 4 is 33.5 Å². The largest absolute Gasteiger partial charge is 0.481 e. The van der Waals surface area contributed by atoms with Gasteiger partial charge in [-0.1, -0.05) is 11.6 Å². The van der Waals surface area contributed by atoms with Crippen molar-refractivity contribution in [2.75, 3.05) is 6.54 Å². The van der Waals surface area contributed by atoms with Crippen LogP contribution in [0.1, 0.15) is 26.7 Å². The van der Waals surface area contributed by atoms with Crippen molar-refractivity contribution in [2.45, 2.75) is 43.7 Å². The Morgan fingerprint density at radius 3 is 2.48 bits per heavy atom. The number of benzene rings is 1. The summed E-state index contributed by atoms with van der Waals surface area (Å²) < 4.78 is 27.1. The monoisotopic (exact) mass is 388 g/mol. The molecule has 0 spiro atoms. The minimum absolute atomic E-state index is 0.00616. The Bertz CT molecular complexity index is 750. The Morgan fingerprint density at radius 1 is 1.32 bits per heavy atom. The van der Waals surface area contributed by atoms with E-state index in [0.717, 1.165) is 0 Å². The number of rotatable bonds is 5. The van der Waals surface area contributed by atoms with Crippen molar-refractivity contribution in [3.8, 4) is 0 Å². The molecule has 1 aliphatic heterocycles. The number of nitrogens with zero attached hydrogens (tertiary/aromatic N) is 1.